The molecule has 3 aromatic carbocycles. The van der Waals surface area contributed by atoms with Crippen LogP contribution in [-0.2, 0) is 13.0 Å². The molecule has 1 aliphatic rings. The lowest BCUT2D eigenvalue weighted by atomic mass is 9.97. The smallest absolute Gasteiger partial charge is 0.128 e. The summed E-state index contributed by atoms with van der Waals surface area (Å²) in [7, 11) is 0. The molecule has 200 valence electrons. The summed E-state index contributed by atoms with van der Waals surface area (Å²) in [6.07, 6.45) is 3.42. The molecule has 1 N–H and O–H groups in total. The van der Waals surface area contributed by atoms with Crippen molar-refractivity contribution in [1.82, 2.24) is 9.88 Å². The van der Waals surface area contributed by atoms with Crippen LogP contribution in [-0.4, -0.2) is 17.7 Å². The number of nitrogens with one attached hydrogen (secondary N) is 1. The van der Waals surface area contributed by atoms with Crippen molar-refractivity contribution in [2.45, 2.75) is 53.5 Å². The van der Waals surface area contributed by atoms with Gasteiger partial charge in [-0.2, -0.15) is 0 Å². The van der Waals surface area contributed by atoms with E-state index in [1.807, 2.05) is 64.1 Å². The molecule has 0 aliphatic carbocycles. The van der Waals surface area contributed by atoms with Crippen LogP contribution in [0.15, 0.2) is 109 Å². The van der Waals surface area contributed by atoms with Gasteiger partial charge in [-0.15, -0.1) is 6.58 Å². The van der Waals surface area contributed by atoms with Gasteiger partial charge in [0, 0.05) is 29.9 Å². The molecule has 0 atom stereocenters. The first kappa shape index (κ1) is 29.0. The highest BCUT2D eigenvalue weighted by atomic mass is 16.5. The van der Waals surface area contributed by atoms with Crippen molar-refractivity contribution in [3.8, 4) is 22.8 Å². The fourth-order valence-corrected chi connectivity index (χ4v) is 4.60. The van der Waals surface area contributed by atoms with E-state index in [1.165, 1.54) is 40.9 Å². The second kappa shape index (κ2) is 15.6. The first-order valence-electron chi connectivity index (χ1n) is 14.0. The number of allylic oxidation sites excluding steroid dienone is 1. The Morgan fingerprint density at radius 1 is 0.816 bits per heavy atom. The summed E-state index contributed by atoms with van der Waals surface area (Å²) >= 11 is 0. The minimum atomic E-state index is 0.709. The molecule has 5 rings (SSSR count). The highest BCUT2D eigenvalue weighted by molar-refractivity contribution is 5.63. The normalized spacial score (nSPS) is 12.9. The van der Waals surface area contributed by atoms with Crippen LogP contribution in [0.1, 0.15) is 51.8 Å². The van der Waals surface area contributed by atoms with Gasteiger partial charge >= 0.3 is 0 Å². The molecule has 0 saturated carbocycles. The van der Waals surface area contributed by atoms with Gasteiger partial charge in [0.25, 0.3) is 0 Å². The van der Waals surface area contributed by atoms with Crippen LogP contribution < -0.4 is 10.1 Å². The summed E-state index contributed by atoms with van der Waals surface area (Å²) in [5, 5.41) is 3.50. The van der Waals surface area contributed by atoms with Crippen molar-refractivity contribution in [3.05, 3.63) is 120 Å². The predicted octanol–water partition coefficient (Wildman–Crippen LogP) is 9.15. The molecule has 0 bridgehead atoms. The van der Waals surface area contributed by atoms with E-state index in [4.69, 9.17) is 4.74 Å². The molecular formula is C35H44N2O. The van der Waals surface area contributed by atoms with Crippen LogP contribution >= 0.6 is 0 Å². The van der Waals surface area contributed by atoms with E-state index in [1.54, 1.807) is 0 Å². The maximum atomic E-state index is 6.12. The Labute approximate surface area is 230 Å². The van der Waals surface area contributed by atoms with Crippen molar-refractivity contribution < 1.29 is 4.74 Å². The van der Waals surface area contributed by atoms with E-state index in [0.717, 1.165) is 37.6 Å². The largest absolute Gasteiger partial charge is 0.457 e. The summed E-state index contributed by atoms with van der Waals surface area (Å²) in [5.74, 6) is 2.44. The van der Waals surface area contributed by atoms with Gasteiger partial charge in [-0.3, -0.25) is 0 Å². The predicted molar refractivity (Wildman–Crippen MR) is 163 cm³/mol. The van der Waals surface area contributed by atoms with Gasteiger partial charge in [0.2, 0.25) is 0 Å². The molecule has 4 aromatic rings. The third-order valence-corrected chi connectivity index (χ3v) is 6.31. The van der Waals surface area contributed by atoms with Crippen LogP contribution in [0.5, 0.6) is 11.5 Å². The van der Waals surface area contributed by atoms with Gasteiger partial charge < -0.3 is 14.6 Å². The first-order valence-corrected chi connectivity index (χ1v) is 14.0. The highest BCUT2D eigenvalue weighted by Gasteiger charge is 2.18. The maximum Gasteiger partial charge on any atom is 0.128 e. The molecule has 2 heterocycles. The lowest BCUT2D eigenvalue weighted by Crippen LogP contribution is -2.30. The van der Waals surface area contributed by atoms with Crippen molar-refractivity contribution in [1.29, 1.82) is 0 Å². The van der Waals surface area contributed by atoms with Crippen LogP contribution in [0, 0.1) is 5.92 Å². The fourth-order valence-electron chi connectivity index (χ4n) is 4.60. The number of aromatic nitrogens is 1. The number of rotatable bonds is 7. The van der Waals surface area contributed by atoms with Crippen molar-refractivity contribution in [2.75, 3.05) is 13.1 Å². The summed E-state index contributed by atoms with van der Waals surface area (Å²) < 4.78 is 8.66. The molecule has 1 aromatic heterocycles. The zero-order valence-electron chi connectivity index (χ0n) is 23.6. The highest BCUT2D eigenvalue weighted by Crippen LogP contribution is 2.31. The minimum Gasteiger partial charge on any atom is -0.457 e. The van der Waals surface area contributed by atoms with E-state index >= 15 is 0 Å². The molecule has 1 aliphatic heterocycles. The zero-order chi connectivity index (χ0) is 27.2. The molecule has 0 radical (unpaired) electrons. The number of ether oxygens (including phenoxy) is 1. The lowest BCUT2D eigenvalue weighted by Gasteiger charge is -2.25. The van der Waals surface area contributed by atoms with Gasteiger partial charge in [-0.1, -0.05) is 80.1 Å². The quantitative estimate of drug-likeness (QED) is 0.252. The molecule has 0 amide bonds. The number of para-hydroxylation sites is 1. The first-order chi connectivity index (χ1) is 18.6. The monoisotopic (exact) mass is 508 g/mol. The van der Waals surface area contributed by atoms with Gasteiger partial charge in [-0.05, 0) is 87.7 Å². The average molecular weight is 509 g/mol. The zero-order valence-corrected chi connectivity index (χ0v) is 23.6. The summed E-state index contributed by atoms with van der Waals surface area (Å²) in [6.45, 7) is 14.8. The van der Waals surface area contributed by atoms with E-state index < -0.39 is 0 Å². The lowest BCUT2D eigenvalue weighted by molar-refractivity contribution is 0.332. The third kappa shape index (κ3) is 9.08. The van der Waals surface area contributed by atoms with Crippen LogP contribution in [0.4, 0.5) is 0 Å². The molecule has 0 unspecified atom stereocenters. The molecule has 1 saturated heterocycles. The van der Waals surface area contributed by atoms with E-state index in [2.05, 4.69) is 77.1 Å². The Balaban J connectivity index is 0.000000612. The maximum absolute atomic E-state index is 6.12. The van der Waals surface area contributed by atoms with Crippen molar-refractivity contribution in [3.63, 3.8) is 0 Å². The minimum absolute atomic E-state index is 0.709. The van der Waals surface area contributed by atoms with Gasteiger partial charge in [0.1, 0.15) is 11.5 Å². The Morgan fingerprint density at radius 2 is 1.42 bits per heavy atom. The molecular weight excluding hydrogens is 464 g/mol. The van der Waals surface area contributed by atoms with Crippen LogP contribution in [0.25, 0.3) is 11.3 Å². The molecule has 38 heavy (non-hydrogen) atoms. The summed E-state index contributed by atoms with van der Waals surface area (Å²) in [4.78, 5) is 0. The Morgan fingerprint density at radius 3 is 2.08 bits per heavy atom. The van der Waals surface area contributed by atoms with Crippen LogP contribution in [0.3, 0.4) is 0 Å². The second-order valence-electron chi connectivity index (χ2n) is 9.83. The Kier molecular flexibility index (Phi) is 11.9. The number of hydrogen-bond donors (Lipinski definition) is 1. The van der Waals surface area contributed by atoms with Crippen LogP contribution in [0.2, 0.25) is 0 Å². The second-order valence-corrected chi connectivity index (χ2v) is 9.83. The molecule has 3 nitrogen and oxygen atoms in total. The Bertz CT molecular complexity index is 1220. The topological polar surface area (TPSA) is 26.2 Å². The summed E-state index contributed by atoms with van der Waals surface area (Å²) in [5.41, 5.74) is 6.36. The van der Waals surface area contributed by atoms with Gasteiger partial charge in [0.05, 0.1) is 0 Å². The van der Waals surface area contributed by atoms with E-state index in [9.17, 15) is 0 Å². The standard InChI is InChI=1S/C29H30N2O.C4H8.C2H6/c1-3-8-23(9-4-1)20-26-14-15-29(31(26)22-24-16-18-30-19-17-24)25-10-7-13-28(21-25)32-27-11-5-2-6-12-27;1-4(2)3;1-2/h1-15,21,24,30H,16-20,22H2;1H2,2-3H3;1-2H3. The van der Waals surface area contributed by atoms with Gasteiger partial charge in [-0.25, -0.2) is 0 Å². The van der Waals surface area contributed by atoms with Crippen molar-refractivity contribution >= 4 is 0 Å². The summed E-state index contributed by atoms with van der Waals surface area (Å²) in [6, 6.07) is 33.8. The van der Waals surface area contributed by atoms with E-state index in [-0.39, 0.29) is 0 Å². The van der Waals surface area contributed by atoms with Gasteiger partial charge in [0.15, 0.2) is 0 Å². The SMILES string of the molecule is C=C(C)C.CC.c1ccc(Cc2ccc(-c3cccc(Oc4ccccc4)c3)n2CC2CCNCC2)cc1. The fraction of sp³-hybridized carbons (Fsp3) is 0.314. The number of nitrogens with zero attached hydrogens (tertiary/aromatic N) is 1. The number of hydrogen-bond acceptors (Lipinski definition) is 2. The molecule has 0 spiro atoms. The van der Waals surface area contributed by atoms with Crippen molar-refractivity contribution in [2.24, 2.45) is 5.92 Å². The average Bonchev–Trinajstić information content (AvgIpc) is 3.33. The number of piperidine rings is 1. The Hall–Kier alpha value is -3.56. The third-order valence-electron chi connectivity index (χ3n) is 6.31. The molecule has 3 heteroatoms. The molecule has 1 fully saturated rings. The number of benzene rings is 3. The van der Waals surface area contributed by atoms with E-state index in [0.29, 0.717) is 5.92 Å².